The molecular weight excluding hydrogens is 412 g/mol. The first-order valence-corrected chi connectivity index (χ1v) is 8.35. The van der Waals surface area contributed by atoms with E-state index in [0.29, 0.717) is 0 Å². The second-order valence-corrected chi connectivity index (χ2v) is 6.87. The molecule has 0 spiro atoms. The lowest BCUT2D eigenvalue weighted by molar-refractivity contribution is -0.143. The van der Waals surface area contributed by atoms with E-state index in [2.05, 4.69) is 31.9 Å². The van der Waals surface area contributed by atoms with Crippen LogP contribution in [0.15, 0.2) is 54.6 Å². The van der Waals surface area contributed by atoms with Crippen LogP contribution in [0.4, 0.5) is 0 Å². The molecule has 0 aromatic heterocycles. The number of hydrogen-bond donors (Lipinski definition) is 0. The smallest absolute Gasteiger partial charge is 0.328 e. The Balaban J connectivity index is 2.49. The maximum atomic E-state index is 12.5. The summed E-state index contributed by atoms with van der Waals surface area (Å²) >= 11 is 7.25. The molecule has 0 amide bonds. The molecule has 0 unspecified atom stereocenters. The minimum absolute atomic E-state index is 0.290. The van der Waals surface area contributed by atoms with Gasteiger partial charge in [-0.15, -0.1) is 0 Å². The van der Waals surface area contributed by atoms with E-state index in [1.54, 1.807) is 7.11 Å². The quantitative estimate of drug-likeness (QED) is 0.516. The van der Waals surface area contributed by atoms with Crippen molar-refractivity contribution < 1.29 is 14.3 Å². The number of methoxy groups -OCH3 is 2. The van der Waals surface area contributed by atoms with E-state index in [0.717, 1.165) is 16.9 Å². The Bertz CT molecular complexity index is 628. The summed E-state index contributed by atoms with van der Waals surface area (Å²) in [5.41, 5.74) is 1.76. The lowest BCUT2D eigenvalue weighted by Crippen LogP contribution is -2.34. The first-order chi connectivity index (χ1) is 10.5. The number of alkyl halides is 2. The molecule has 0 N–H and O–H groups in total. The van der Waals surface area contributed by atoms with Crippen LogP contribution in [0.5, 0.6) is 5.75 Å². The summed E-state index contributed by atoms with van der Waals surface area (Å²) in [4.78, 5) is 12.2. The average molecular weight is 428 g/mol. The summed E-state index contributed by atoms with van der Waals surface area (Å²) in [7, 11) is 2.99. The maximum Gasteiger partial charge on any atom is 0.328 e. The molecule has 22 heavy (non-hydrogen) atoms. The van der Waals surface area contributed by atoms with Crippen molar-refractivity contribution in [1.82, 2.24) is 0 Å². The van der Waals surface area contributed by atoms with Crippen molar-refractivity contribution >= 4 is 37.8 Å². The fourth-order valence-corrected chi connectivity index (χ4v) is 3.65. The van der Waals surface area contributed by atoms with Gasteiger partial charge in [-0.1, -0.05) is 74.3 Å². The molecule has 0 aliphatic rings. The van der Waals surface area contributed by atoms with Gasteiger partial charge in [-0.25, -0.2) is 0 Å². The average Bonchev–Trinajstić information content (AvgIpc) is 2.60. The second-order valence-electron chi connectivity index (χ2n) is 4.71. The number of carbonyl (C=O) groups excluding carboxylic acids is 1. The molecule has 2 aromatic carbocycles. The second kappa shape index (κ2) is 7.29. The third-order valence-corrected chi connectivity index (χ3v) is 6.50. The Kier molecular flexibility index (Phi) is 5.64. The van der Waals surface area contributed by atoms with E-state index in [1.165, 1.54) is 7.11 Å². The fourth-order valence-electron chi connectivity index (χ4n) is 2.20. The van der Waals surface area contributed by atoms with Crippen LogP contribution in [0.2, 0.25) is 0 Å². The molecule has 2 atom stereocenters. The third-order valence-electron chi connectivity index (χ3n) is 3.43. The molecule has 0 aliphatic heterocycles. The molecule has 0 fully saturated rings. The molecule has 5 heteroatoms. The number of hydrogen-bond acceptors (Lipinski definition) is 3. The minimum atomic E-state index is -1.03. The highest BCUT2D eigenvalue weighted by Crippen LogP contribution is 2.49. The summed E-state index contributed by atoms with van der Waals surface area (Å²) < 4.78 is 9.16. The Morgan fingerprint density at radius 3 is 2.14 bits per heavy atom. The molecule has 2 aromatic rings. The first kappa shape index (κ1) is 17.0. The first-order valence-electron chi connectivity index (χ1n) is 6.65. The van der Waals surface area contributed by atoms with Gasteiger partial charge in [0.1, 0.15) is 5.75 Å². The highest BCUT2D eigenvalue weighted by atomic mass is 79.9. The normalized spacial score (nSPS) is 14.7. The lowest BCUT2D eigenvalue weighted by atomic mass is 9.91. The van der Waals surface area contributed by atoms with E-state index in [1.807, 2.05) is 54.6 Å². The van der Waals surface area contributed by atoms with E-state index < -0.39 is 4.32 Å². The number of benzene rings is 2. The fraction of sp³-hybridized carbons (Fsp3) is 0.235. The van der Waals surface area contributed by atoms with Gasteiger partial charge in [-0.05, 0) is 23.3 Å². The molecule has 0 radical (unpaired) electrons. The molecule has 0 heterocycles. The van der Waals surface area contributed by atoms with Gasteiger partial charge in [0.05, 0.1) is 19.0 Å². The van der Waals surface area contributed by atoms with Gasteiger partial charge in [0.25, 0.3) is 0 Å². The highest BCUT2D eigenvalue weighted by Gasteiger charge is 2.46. The molecule has 0 bridgehead atoms. The largest absolute Gasteiger partial charge is 0.497 e. The monoisotopic (exact) mass is 426 g/mol. The number of rotatable bonds is 5. The van der Waals surface area contributed by atoms with Crippen molar-refractivity contribution in [3.05, 3.63) is 65.7 Å². The van der Waals surface area contributed by atoms with Crippen molar-refractivity contribution in [2.24, 2.45) is 0 Å². The zero-order chi connectivity index (χ0) is 16.2. The van der Waals surface area contributed by atoms with Gasteiger partial charge in [-0.3, -0.25) is 4.79 Å². The summed E-state index contributed by atoms with van der Waals surface area (Å²) in [6.45, 7) is 0. The Morgan fingerprint density at radius 2 is 1.64 bits per heavy atom. The summed E-state index contributed by atoms with van der Waals surface area (Å²) in [5, 5.41) is 0. The molecule has 0 saturated heterocycles. The van der Waals surface area contributed by atoms with Crippen molar-refractivity contribution in [3.63, 3.8) is 0 Å². The van der Waals surface area contributed by atoms with Gasteiger partial charge in [0.15, 0.2) is 4.32 Å². The zero-order valence-corrected chi connectivity index (χ0v) is 15.4. The van der Waals surface area contributed by atoms with Crippen molar-refractivity contribution in [1.29, 1.82) is 0 Å². The molecule has 2 rings (SSSR count). The van der Waals surface area contributed by atoms with E-state index >= 15 is 0 Å². The Labute approximate surface area is 146 Å². The SMILES string of the molecule is COC(=O)[C@](Br)(c1ccc(OC)cc1)[C@@H](Br)c1ccccc1. The van der Waals surface area contributed by atoms with Crippen LogP contribution in [0.1, 0.15) is 16.0 Å². The predicted molar refractivity (Wildman–Crippen MR) is 93.7 cm³/mol. The Hall–Kier alpha value is -1.33. The summed E-state index contributed by atoms with van der Waals surface area (Å²) in [5.74, 6) is 0.359. The summed E-state index contributed by atoms with van der Waals surface area (Å²) in [6, 6.07) is 17.1. The van der Waals surface area contributed by atoms with E-state index in [-0.39, 0.29) is 10.8 Å². The topological polar surface area (TPSA) is 35.5 Å². The summed E-state index contributed by atoms with van der Waals surface area (Å²) in [6.07, 6.45) is 0. The van der Waals surface area contributed by atoms with Crippen LogP contribution in [-0.2, 0) is 13.9 Å². The van der Waals surface area contributed by atoms with E-state index in [9.17, 15) is 4.79 Å². The van der Waals surface area contributed by atoms with Crippen molar-refractivity contribution in [2.45, 2.75) is 9.15 Å². The van der Waals surface area contributed by atoms with Crippen LogP contribution in [0, 0.1) is 0 Å². The van der Waals surface area contributed by atoms with Gasteiger partial charge in [-0.2, -0.15) is 0 Å². The lowest BCUT2D eigenvalue weighted by Gasteiger charge is -2.30. The van der Waals surface area contributed by atoms with Gasteiger partial charge < -0.3 is 9.47 Å². The predicted octanol–water partition coefficient (Wildman–Crippen LogP) is 4.59. The zero-order valence-electron chi connectivity index (χ0n) is 12.3. The van der Waals surface area contributed by atoms with Crippen molar-refractivity contribution in [3.8, 4) is 5.75 Å². The number of ether oxygens (including phenoxy) is 2. The van der Waals surface area contributed by atoms with Crippen molar-refractivity contribution in [2.75, 3.05) is 14.2 Å². The van der Waals surface area contributed by atoms with Gasteiger partial charge >= 0.3 is 5.97 Å². The molecule has 3 nitrogen and oxygen atoms in total. The molecule has 116 valence electrons. The third kappa shape index (κ3) is 3.20. The number of esters is 1. The van der Waals surface area contributed by atoms with Crippen LogP contribution < -0.4 is 4.74 Å². The van der Waals surface area contributed by atoms with Gasteiger partial charge in [0.2, 0.25) is 0 Å². The Morgan fingerprint density at radius 1 is 1.05 bits per heavy atom. The standard InChI is InChI=1S/C17H16Br2O3/c1-21-14-10-8-13(9-11-14)17(19,16(20)22-2)15(18)12-6-4-3-5-7-12/h3-11,15H,1-2H3/t15-,17-/m0/s1. The molecule has 0 saturated carbocycles. The highest BCUT2D eigenvalue weighted by molar-refractivity contribution is 9.12. The molecular formula is C17H16Br2O3. The minimum Gasteiger partial charge on any atom is -0.497 e. The van der Waals surface area contributed by atoms with Gasteiger partial charge in [0, 0.05) is 0 Å². The molecule has 0 aliphatic carbocycles. The number of carbonyl (C=O) groups is 1. The van der Waals surface area contributed by atoms with E-state index in [4.69, 9.17) is 9.47 Å². The number of halogens is 2. The van der Waals surface area contributed by atoms with Crippen LogP contribution in [-0.4, -0.2) is 20.2 Å². The van der Waals surface area contributed by atoms with Crippen LogP contribution in [0.25, 0.3) is 0 Å². The van der Waals surface area contributed by atoms with Crippen LogP contribution in [0.3, 0.4) is 0 Å². The van der Waals surface area contributed by atoms with Crippen LogP contribution >= 0.6 is 31.9 Å². The maximum absolute atomic E-state index is 12.5.